The van der Waals surface area contributed by atoms with Gasteiger partial charge in [0, 0.05) is 16.8 Å². The minimum Gasteiger partial charge on any atom is -0.482 e. The molecule has 1 heterocycles. The van der Waals surface area contributed by atoms with E-state index in [9.17, 15) is 14.4 Å². The Kier molecular flexibility index (Phi) is 5.78. The van der Waals surface area contributed by atoms with Crippen molar-refractivity contribution in [2.24, 2.45) is 0 Å². The second-order valence-electron chi connectivity index (χ2n) is 6.38. The van der Waals surface area contributed by atoms with E-state index in [0.29, 0.717) is 11.3 Å². The summed E-state index contributed by atoms with van der Waals surface area (Å²) in [5.41, 5.74) is 1.48. The van der Waals surface area contributed by atoms with Gasteiger partial charge in [0.05, 0.1) is 0 Å². The van der Waals surface area contributed by atoms with Crippen molar-refractivity contribution in [2.45, 2.75) is 19.9 Å². The molecule has 3 rings (SSSR count). The van der Waals surface area contributed by atoms with Crippen molar-refractivity contribution in [2.75, 3.05) is 13.2 Å². The highest BCUT2D eigenvalue weighted by atomic mass is 16.6. The minimum absolute atomic E-state index is 0.117. The number of hydrogen-bond donors (Lipinski definition) is 2. The Labute approximate surface area is 160 Å². The van der Waals surface area contributed by atoms with Gasteiger partial charge in [0.2, 0.25) is 0 Å². The van der Waals surface area contributed by atoms with Gasteiger partial charge in [-0.1, -0.05) is 18.2 Å². The molecule has 0 atom stereocenters. The summed E-state index contributed by atoms with van der Waals surface area (Å²) in [5, 5.41) is 6.36. The highest BCUT2D eigenvalue weighted by Crippen LogP contribution is 2.31. The predicted molar refractivity (Wildman–Crippen MR) is 102 cm³/mol. The van der Waals surface area contributed by atoms with E-state index in [4.69, 9.17) is 13.9 Å². The lowest BCUT2D eigenvalue weighted by Crippen LogP contribution is -2.44. The first-order valence-corrected chi connectivity index (χ1v) is 8.72. The Morgan fingerprint density at radius 3 is 2.54 bits per heavy atom. The summed E-state index contributed by atoms with van der Waals surface area (Å²) in [6.45, 7) is 2.57. The van der Waals surface area contributed by atoms with Crippen LogP contribution in [0.2, 0.25) is 0 Å². The lowest BCUT2D eigenvalue weighted by molar-refractivity contribution is -0.150. The molecule has 0 radical (unpaired) electrons. The van der Waals surface area contributed by atoms with Gasteiger partial charge in [-0.15, -0.1) is 0 Å². The van der Waals surface area contributed by atoms with E-state index in [1.807, 2.05) is 24.3 Å². The molecule has 0 saturated heterocycles. The van der Waals surface area contributed by atoms with Gasteiger partial charge in [0.25, 0.3) is 5.91 Å². The van der Waals surface area contributed by atoms with Gasteiger partial charge in [0.1, 0.15) is 16.9 Å². The molecule has 0 unspecified atom stereocenters. The lowest BCUT2D eigenvalue weighted by Gasteiger charge is -2.10. The van der Waals surface area contributed by atoms with Crippen molar-refractivity contribution < 1.29 is 28.3 Å². The summed E-state index contributed by atoms with van der Waals surface area (Å²) in [4.78, 5) is 34.7. The van der Waals surface area contributed by atoms with Crippen molar-refractivity contribution in [3.8, 4) is 5.75 Å². The fraction of sp³-hybridized carbons (Fsp3) is 0.250. The molecule has 28 heavy (non-hydrogen) atoms. The van der Waals surface area contributed by atoms with Crippen LogP contribution in [0.4, 0.5) is 4.79 Å². The van der Waals surface area contributed by atoms with E-state index in [2.05, 4.69) is 10.6 Å². The minimum atomic E-state index is -0.725. The van der Waals surface area contributed by atoms with Crippen LogP contribution in [-0.4, -0.2) is 37.2 Å². The Bertz CT molecular complexity index is 1020. The molecule has 0 spiro atoms. The first kappa shape index (κ1) is 19.2. The number of furan rings is 1. The number of ether oxygens (including phenoxy) is 2. The molecule has 8 heteroatoms. The van der Waals surface area contributed by atoms with Crippen molar-refractivity contribution in [3.05, 3.63) is 42.5 Å². The highest BCUT2D eigenvalue weighted by molar-refractivity contribution is 6.05. The molecule has 2 N–H and O–H groups in total. The van der Waals surface area contributed by atoms with Crippen LogP contribution >= 0.6 is 0 Å². The zero-order valence-corrected chi connectivity index (χ0v) is 15.5. The molecule has 2 aromatic carbocycles. The van der Waals surface area contributed by atoms with Gasteiger partial charge < -0.3 is 19.2 Å². The van der Waals surface area contributed by atoms with Crippen LogP contribution in [-0.2, 0) is 14.3 Å². The van der Waals surface area contributed by atoms with Gasteiger partial charge in [-0.2, -0.15) is 0 Å². The number of nitrogens with one attached hydrogen (secondary N) is 2. The number of urea groups is 1. The third-order valence-corrected chi connectivity index (χ3v) is 3.74. The molecule has 3 amide bonds. The van der Waals surface area contributed by atoms with Crippen LogP contribution in [0.25, 0.3) is 21.9 Å². The van der Waals surface area contributed by atoms with E-state index in [-0.39, 0.29) is 12.6 Å². The van der Waals surface area contributed by atoms with Crippen LogP contribution in [0.3, 0.4) is 0 Å². The monoisotopic (exact) mass is 384 g/mol. The Hall–Kier alpha value is -3.55. The van der Waals surface area contributed by atoms with Crippen molar-refractivity contribution in [1.29, 1.82) is 0 Å². The predicted octanol–water partition coefficient (Wildman–Crippen LogP) is 2.74. The van der Waals surface area contributed by atoms with E-state index in [1.54, 1.807) is 32.0 Å². The quantitative estimate of drug-likeness (QED) is 0.633. The van der Waals surface area contributed by atoms with Gasteiger partial charge in [-0.05, 0) is 38.1 Å². The summed E-state index contributed by atoms with van der Waals surface area (Å²) in [6, 6.07) is 12.1. The van der Waals surface area contributed by atoms with Crippen LogP contribution < -0.4 is 15.4 Å². The maximum absolute atomic E-state index is 11.8. The zero-order valence-electron chi connectivity index (χ0n) is 15.5. The van der Waals surface area contributed by atoms with Crippen LogP contribution in [0.1, 0.15) is 13.8 Å². The number of benzene rings is 2. The maximum atomic E-state index is 11.8. The third kappa shape index (κ3) is 4.79. The Morgan fingerprint density at radius 1 is 1.00 bits per heavy atom. The van der Waals surface area contributed by atoms with E-state index >= 15 is 0 Å². The fourth-order valence-corrected chi connectivity index (χ4v) is 2.59. The summed E-state index contributed by atoms with van der Waals surface area (Å²) < 4.78 is 16.0. The normalized spacial score (nSPS) is 10.8. The van der Waals surface area contributed by atoms with Crippen LogP contribution in [0.5, 0.6) is 5.75 Å². The van der Waals surface area contributed by atoms with Crippen LogP contribution in [0.15, 0.2) is 46.9 Å². The number of hydrogen-bond acceptors (Lipinski definition) is 6. The molecule has 0 aliphatic rings. The van der Waals surface area contributed by atoms with E-state index < -0.39 is 24.5 Å². The molecule has 0 aliphatic carbocycles. The second-order valence-corrected chi connectivity index (χ2v) is 6.38. The molecular weight excluding hydrogens is 364 g/mol. The van der Waals surface area contributed by atoms with Crippen molar-refractivity contribution >= 4 is 39.8 Å². The largest absolute Gasteiger partial charge is 0.482 e. The molecule has 0 aliphatic heterocycles. The first-order chi connectivity index (χ1) is 13.4. The van der Waals surface area contributed by atoms with Crippen LogP contribution in [0, 0.1) is 0 Å². The van der Waals surface area contributed by atoms with Crippen molar-refractivity contribution in [3.63, 3.8) is 0 Å². The number of fused-ring (bicyclic) bond motifs is 3. The standard InChI is InChI=1S/C20H20N2O6/c1-12(2)21-20(25)22-18(23)10-27-19(24)11-26-13-7-8-17-15(9-13)14-5-3-4-6-16(14)28-17/h3-9,12H,10-11H2,1-2H3,(H2,21,22,23,25). The molecule has 0 saturated carbocycles. The van der Waals surface area contributed by atoms with Gasteiger partial charge in [0.15, 0.2) is 13.2 Å². The molecule has 146 valence electrons. The summed E-state index contributed by atoms with van der Waals surface area (Å²) in [7, 11) is 0. The average Bonchev–Trinajstić information content (AvgIpc) is 3.02. The zero-order chi connectivity index (χ0) is 20.1. The van der Waals surface area contributed by atoms with Crippen molar-refractivity contribution in [1.82, 2.24) is 10.6 Å². The Morgan fingerprint density at radius 2 is 1.75 bits per heavy atom. The third-order valence-electron chi connectivity index (χ3n) is 3.74. The molecule has 1 aromatic heterocycles. The number of imide groups is 1. The topological polar surface area (TPSA) is 107 Å². The highest BCUT2D eigenvalue weighted by Gasteiger charge is 2.13. The molecule has 3 aromatic rings. The van der Waals surface area contributed by atoms with E-state index in [0.717, 1.165) is 16.4 Å². The number of esters is 1. The number of para-hydroxylation sites is 1. The van der Waals surface area contributed by atoms with Gasteiger partial charge >= 0.3 is 12.0 Å². The average molecular weight is 384 g/mol. The molecular formula is C20H20N2O6. The molecule has 8 nitrogen and oxygen atoms in total. The number of carbonyl (C=O) groups excluding carboxylic acids is 3. The number of carbonyl (C=O) groups is 3. The van der Waals surface area contributed by atoms with Gasteiger partial charge in [-0.3, -0.25) is 10.1 Å². The lowest BCUT2D eigenvalue weighted by atomic mass is 10.1. The molecule has 0 bridgehead atoms. The number of amides is 3. The maximum Gasteiger partial charge on any atom is 0.344 e. The fourth-order valence-electron chi connectivity index (χ4n) is 2.59. The Balaban J connectivity index is 1.51. The van der Waals surface area contributed by atoms with Gasteiger partial charge in [-0.25, -0.2) is 9.59 Å². The first-order valence-electron chi connectivity index (χ1n) is 8.72. The number of rotatable bonds is 6. The summed E-state index contributed by atoms with van der Waals surface area (Å²) >= 11 is 0. The van der Waals surface area contributed by atoms with E-state index in [1.165, 1.54) is 0 Å². The SMILES string of the molecule is CC(C)NC(=O)NC(=O)COC(=O)COc1ccc2oc3ccccc3c2c1. The summed E-state index contributed by atoms with van der Waals surface area (Å²) in [6.07, 6.45) is 0. The summed E-state index contributed by atoms with van der Waals surface area (Å²) in [5.74, 6) is -0.980. The second kappa shape index (κ2) is 8.43. The molecule has 0 fully saturated rings. The smallest absolute Gasteiger partial charge is 0.344 e.